The van der Waals surface area contributed by atoms with Crippen LogP contribution in [0.4, 0.5) is 0 Å². The van der Waals surface area contributed by atoms with Gasteiger partial charge >= 0.3 is 23.3 Å². The fourth-order valence-corrected chi connectivity index (χ4v) is 2.05. The molecular weight excluding hydrogens is 364 g/mol. The highest BCUT2D eigenvalue weighted by molar-refractivity contribution is 5.72. The minimum atomic E-state index is -1.11. The van der Waals surface area contributed by atoms with Crippen LogP contribution >= 0.6 is 0 Å². The second-order valence-electron chi connectivity index (χ2n) is 5.35. The van der Waals surface area contributed by atoms with E-state index < -0.39 is 40.9 Å². The van der Waals surface area contributed by atoms with E-state index in [0.717, 1.165) is 0 Å². The topological polar surface area (TPSA) is 195 Å². The molecule has 0 spiro atoms. The zero-order valence-corrected chi connectivity index (χ0v) is 14.7. The monoisotopic (exact) mass is 382 g/mol. The van der Waals surface area contributed by atoms with E-state index in [9.17, 15) is 28.8 Å². The van der Waals surface area contributed by atoms with Crippen molar-refractivity contribution < 1.29 is 19.4 Å². The van der Waals surface area contributed by atoms with Crippen molar-refractivity contribution in [3.05, 3.63) is 64.2 Å². The summed E-state index contributed by atoms with van der Waals surface area (Å²) >= 11 is 0. The van der Waals surface area contributed by atoms with E-state index in [2.05, 4.69) is 14.7 Å². The number of hydrogen-bond donors (Lipinski definition) is 5. The number of carbonyl (C=O) groups excluding carboxylic acids is 1. The Hall–Kier alpha value is -3.70. The average Bonchev–Trinajstić information content (AvgIpc) is 2.54. The Labute approximate surface area is 150 Å². The van der Waals surface area contributed by atoms with Crippen molar-refractivity contribution in [1.82, 2.24) is 19.9 Å². The molecule has 12 nitrogen and oxygen atoms in total. The van der Waals surface area contributed by atoms with E-state index in [4.69, 9.17) is 5.11 Å². The van der Waals surface area contributed by atoms with Crippen LogP contribution in [0.25, 0.3) is 0 Å². The quantitative estimate of drug-likeness (QED) is 0.377. The van der Waals surface area contributed by atoms with Crippen LogP contribution in [0.15, 0.2) is 19.2 Å². The van der Waals surface area contributed by atoms with Gasteiger partial charge in [-0.3, -0.25) is 29.1 Å². The van der Waals surface area contributed by atoms with E-state index >= 15 is 0 Å². The van der Waals surface area contributed by atoms with Gasteiger partial charge in [-0.05, 0) is 13.8 Å². The molecule has 5 N–H and O–H groups in total. The number of aromatic nitrogens is 4. The van der Waals surface area contributed by atoms with Crippen molar-refractivity contribution in [2.75, 3.05) is 7.11 Å². The Morgan fingerprint density at radius 1 is 0.815 bits per heavy atom. The van der Waals surface area contributed by atoms with Gasteiger partial charge in [0.25, 0.3) is 11.1 Å². The number of H-pyrrole nitrogens is 4. The molecule has 0 aliphatic heterocycles. The van der Waals surface area contributed by atoms with Crippen molar-refractivity contribution in [3.63, 3.8) is 0 Å². The highest BCUT2D eigenvalue weighted by Gasteiger charge is 2.11. The molecule has 27 heavy (non-hydrogen) atoms. The van der Waals surface area contributed by atoms with Crippen molar-refractivity contribution in [1.29, 1.82) is 0 Å². The number of carboxylic acid groups (broad SMARTS) is 1. The number of carbonyl (C=O) groups is 2. The maximum Gasteiger partial charge on any atom is 0.325 e. The predicted octanol–water partition coefficient (Wildman–Crippen LogP) is -1.91. The van der Waals surface area contributed by atoms with Crippen molar-refractivity contribution in [3.8, 4) is 0 Å². The van der Waals surface area contributed by atoms with Crippen molar-refractivity contribution in [2.24, 2.45) is 0 Å². The number of carboxylic acids is 1. The van der Waals surface area contributed by atoms with Gasteiger partial charge in [0, 0.05) is 22.5 Å². The van der Waals surface area contributed by atoms with Crippen LogP contribution in [0.2, 0.25) is 0 Å². The third-order valence-electron chi connectivity index (χ3n) is 3.39. The first-order valence-electron chi connectivity index (χ1n) is 7.47. The molecule has 0 aliphatic rings. The Morgan fingerprint density at radius 3 is 1.56 bits per heavy atom. The number of esters is 1. The van der Waals surface area contributed by atoms with Gasteiger partial charge in [-0.1, -0.05) is 0 Å². The minimum absolute atomic E-state index is 0.0760. The molecule has 0 fully saturated rings. The number of aliphatic carboxylic acids is 1. The first-order valence-corrected chi connectivity index (χ1v) is 7.47. The van der Waals surface area contributed by atoms with Crippen LogP contribution in [-0.2, 0) is 27.2 Å². The predicted molar refractivity (Wildman–Crippen MR) is 91.9 cm³/mol. The molecular formula is C15H18N4O8. The van der Waals surface area contributed by atoms with Crippen LogP contribution < -0.4 is 22.5 Å². The third kappa shape index (κ3) is 6.26. The maximum absolute atomic E-state index is 11.2. The molecule has 0 bridgehead atoms. The number of rotatable bonds is 4. The zero-order valence-electron chi connectivity index (χ0n) is 14.7. The molecule has 2 aromatic heterocycles. The van der Waals surface area contributed by atoms with E-state index in [-0.39, 0.29) is 23.2 Å². The highest BCUT2D eigenvalue weighted by Crippen LogP contribution is 1.97. The average molecular weight is 382 g/mol. The van der Waals surface area contributed by atoms with Gasteiger partial charge in [-0.2, -0.15) is 0 Å². The molecule has 2 heterocycles. The molecule has 0 unspecified atom stereocenters. The Bertz CT molecular complexity index is 1070. The minimum Gasteiger partial charge on any atom is -0.481 e. The molecule has 0 saturated heterocycles. The van der Waals surface area contributed by atoms with Crippen LogP contribution in [0.3, 0.4) is 0 Å². The number of aromatic amines is 4. The lowest BCUT2D eigenvalue weighted by molar-refractivity contribution is -0.140. The van der Waals surface area contributed by atoms with Gasteiger partial charge in [-0.25, -0.2) is 9.59 Å². The van der Waals surface area contributed by atoms with Gasteiger partial charge in [0.2, 0.25) is 0 Å². The summed E-state index contributed by atoms with van der Waals surface area (Å²) in [5, 5.41) is 8.44. The molecule has 0 saturated carbocycles. The summed E-state index contributed by atoms with van der Waals surface area (Å²) in [6, 6.07) is 0. The van der Waals surface area contributed by atoms with E-state index in [1.807, 2.05) is 9.97 Å². The fraction of sp³-hybridized carbons (Fsp3) is 0.333. The lowest BCUT2D eigenvalue weighted by Gasteiger charge is -2.01. The lowest BCUT2D eigenvalue weighted by atomic mass is 10.2. The summed E-state index contributed by atoms with van der Waals surface area (Å²) in [7, 11) is 1.23. The van der Waals surface area contributed by atoms with Crippen LogP contribution in [0.1, 0.15) is 22.5 Å². The van der Waals surface area contributed by atoms with Crippen LogP contribution in [-0.4, -0.2) is 44.1 Å². The van der Waals surface area contributed by atoms with E-state index in [1.165, 1.54) is 14.0 Å². The standard InChI is InChI=1S/C8H10N2O4.C7H8N2O4/c1-4-5(3-6(11)14-2)7(12)10-8(13)9-4;1-3-4(2-5(10)11)6(12)9-7(13)8-3/h3H2,1-2H3,(H2,9,10,12,13);2H2,1H3,(H,10,11)(H2,8,9,12,13). The summed E-state index contributed by atoms with van der Waals surface area (Å²) in [5.41, 5.74) is -1.46. The number of methoxy groups -OCH3 is 1. The van der Waals surface area contributed by atoms with Gasteiger partial charge in [-0.15, -0.1) is 0 Å². The first kappa shape index (κ1) is 21.3. The van der Waals surface area contributed by atoms with Gasteiger partial charge in [0.15, 0.2) is 0 Å². The Morgan fingerprint density at radius 2 is 1.22 bits per heavy atom. The summed E-state index contributed by atoms with van der Waals surface area (Å²) in [5.74, 6) is -1.63. The smallest absolute Gasteiger partial charge is 0.325 e. The van der Waals surface area contributed by atoms with E-state index in [0.29, 0.717) is 5.69 Å². The number of aryl methyl sites for hydroxylation is 2. The molecule has 12 heteroatoms. The summed E-state index contributed by atoms with van der Waals surface area (Å²) in [6.45, 7) is 3.03. The molecule has 2 aromatic rings. The largest absolute Gasteiger partial charge is 0.481 e. The summed E-state index contributed by atoms with van der Waals surface area (Å²) in [6.07, 6.45) is -0.535. The van der Waals surface area contributed by atoms with Gasteiger partial charge in [0.1, 0.15) is 0 Å². The highest BCUT2D eigenvalue weighted by atomic mass is 16.5. The maximum atomic E-state index is 11.2. The number of hydrogen-bond acceptors (Lipinski definition) is 7. The van der Waals surface area contributed by atoms with E-state index in [1.54, 1.807) is 6.92 Å². The molecule has 2 rings (SSSR count). The molecule has 0 aliphatic carbocycles. The zero-order chi connectivity index (χ0) is 20.7. The SMILES string of the molecule is COC(=O)Cc1c(C)[nH]c(=O)[nH]c1=O.Cc1[nH]c(=O)[nH]c(=O)c1CC(=O)O. The molecule has 0 aromatic carbocycles. The summed E-state index contributed by atoms with van der Waals surface area (Å²) in [4.78, 5) is 73.7. The normalized spacial score (nSPS) is 9.89. The number of ether oxygens (including phenoxy) is 1. The van der Waals surface area contributed by atoms with Crippen LogP contribution in [0.5, 0.6) is 0 Å². The van der Waals surface area contributed by atoms with Crippen molar-refractivity contribution in [2.45, 2.75) is 26.7 Å². The van der Waals surface area contributed by atoms with Gasteiger partial charge in [0.05, 0.1) is 20.0 Å². The van der Waals surface area contributed by atoms with Gasteiger partial charge < -0.3 is 19.8 Å². The second kappa shape index (κ2) is 9.12. The fourth-order valence-electron chi connectivity index (χ4n) is 2.05. The molecule has 0 radical (unpaired) electrons. The second-order valence-corrected chi connectivity index (χ2v) is 5.35. The summed E-state index contributed by atoms with van der Waals surface area (Å²) < 4.78 is 4.41. The molecule has 0 atom stereocenters. The van der Waals surface area contributed by atoms with Crippen LogP contribution in [0, 0.1) is 13.8 Å². The number of nitrogens with one attached hydrogen (secondary N) is 4. The molecule has 146 valence electrons. The lowest BCUT2D eigenvalue weighted by Crippen LogP contribution is -2.28. The Balaban J connectivity index is 0.000000271. The molecule has 0 amide bonds. The Kier molecular flexibility index (Phi) is 7.21. The van der Waals surface area contributed by atoms with Crippen molar-refractivity contribution >= 4 is 11.9 Å². The first-order chi connectivity index (χ1) is 12.5. The third-order valence-corrected chi connectivity index (χ3v) is 3.39.